The van der Waals surface area contributed by atoms with Crippen LogP contribution in [0.1, 0.15) is 24.5 Å². The van der Waals surface area contributed by atoms with Crippen molar-refractivity contribution in [2.24, 2.45) is 0 Å². The quantitative estimate of drug-likeness (QED) is 0.844. The maximum absolute atomic E-state index is 12.1. The molecule has 0 saturated heterocycles. The second-order valence-electron chi connectivity index (χ2n) is 5.07. The molecule has 0 fully saturated rings. The van der Waals surface area contributed by atoms with E-state index in [0.717, 1.165) is 16.9 Å². The van der Waals surface area contributed by atoms with Gasteiger partial charge in [0.1, 0.15) is 5.75 Å². The molecule has 0 radical (unpaired) electrons. The zero-order valence-electron chi connectivity index (χ0n) is 12.9. The number of hydrogen-bond donors (Lipinski definition) is 1. The fourth-order valence-corrected chi connectivity index (χ4v) is 2.47. The summed E-state index contributed by atoms with van der Waals surface area (Å²) in [4.78, 5) is 12.1. The normalized spacial score (nSPS) is 10.3. The Labute approximate surface area is 136 Å². The zero-order valence-corrected chi connectivity index (χ0v) is 13.6. The van der Waals surface area contributed by atoms with Crippen LogP contribution in [0.5, 0.6) is 5.75 Å². The number of para-hydroxylation sites is 1. The van der Waals surface area contributed by atoms with Gasteiger partial charge in [0.2, 0.25) is 5.91 Å². The van der Waals surface area contributed by atoms with Crippen molar-refractivity contribution in [3.63, 3.8) is 0 Å². The minimum atomic E-state index is -0.0583. The van der Waals surface area contributed by atoms with Gasteiger partial charge in [-0.25, -0.2) is 0 Å². The number of aryl methyl sites for hydroxylation is 2. The van der Waals surface area contributed by atoms with Crippen molar-refractivity contribution in [2.45, 2.75) is 26.7 Å². The van der Waals surface area contributed by atoms with Crippen molar-refractivity contribution in [1.29, 1.82) is 0 Å². The van der Waals surface area contributed by atoms with Crippen molar-refractivity contribution < 1.29 is 9.53 Å². The van der Waals surface area contributed by atoms with Gasteiger partial charge in [0.05, 0.1) is 17.3 Å². The van der Waals surface area contributed by atoms with Crippen LogP contribution in [0.15, 0.2) is 42.5 Å². The molecule has 0 spiro atoms. The van der Waals surface area contributed by atoms with Crippen molar-refractivity contribution in [1.82, 2.24) is 0 Å². The molecule has 0 bridgehead atoms. The van der Waals surface area contributed by atoms with Gasteiger partial charge >= 0.3 is 0 Å². The Balaban J connectivity index is 1.95. The largest absolute Gasteiger partial charge is 0.494 e. The highest BCUT2D eigenvalue weighted by Crippen LogP contribution is 2.23. The number of amides is 1. The highest BCUT2D eigenvalue weighted by atomic mass is 35.5. The van der Waals surface area contributed by atoms with Gasteiger partial charge in [0.15, 0.2) is 0 Å². The van der Waals surface area contributed by atoms with Gasteiger partial charge in [-0.1, -0.05) is 35.9 Å². The number of halogens is 1. The van der Waals surface area contributed by atoms with Crippen LogP contribution in [0, 0.1) is 6.92 Å². The summed E-state index contributed by atoms with van der Waals surface area (Å²) >= 11 is 6.12. The Hall–Kier alpha value is -2.00. The first kappa shape index (κ1) is 16.4. The molecule has 0 aliphatic carbocycles. The molecule has 0 aliphatic heterocycles. The molecular formula is C18H20ClNO2. The summed E-state index contributed by atoms with van der Waals surface area (Å²) in [5.41, 5.74) is 2.75. The first-order valence-electron chi connectivity index (χ1n) is 7.37. The highest BCUT2D eigenvalue weighted by molar-refractivity contribution is 6.33. The monoisotopic (exact) mass is 317 g/mol. The van der Waals surface area contributed by atoms with Gasteiger partial charge in [0, 0.05) is 6.42 Å². The molecule has 0 saturated carbocycles. The van der Waals surface area contributed by atoms with Crippen LogP contribution in [0.4, 0.5) is 5.69 Å². The van der Waals surface area contributed by atoms with Gasteiger partial charge in [-0.2, -0.15) is 0 Å². The van der Waals surface area contributed by atoms with Crippen LogP contribution in [-0.4, -0.2) is 12.5 Å². The van der Waals surface area contributed by atoms with E-state index < -0.39 is 0 Å². The second kappa shape index (κ2) is 7.85. The van der Waals surface area contributed by atoms with Crippen LogP contribution in [0.25, 0.3) is 0 Å². The third-order valence-electron chi connectivity index (χ3n) is 3.29. The highest BCUT2D eigenvalue weighted by Gasteiger charge is 2.08. The molecule has 22 heavy (non-hydrogen) atoms. The van der Waals surface area contributed by atoms with E-state index in [0.29, 0.717) is 30.2 Å². The third kappa shape index (κ3) is 4.50. The molecule has 1 N–H and O–H groups in total. The van der Waals surface area contributed by atoms with Gasteiger partial charge in [-0.3, -0.25) is 4.79 Å². The van der Waals surface area contributed by atoms with Crippen molar-refractivity contribution >= 4 is 23.2 Å². The van der Waals surface area contributed by atoms with E-state index >= 15 is 0 Å². The maximum Gasteiger partial charge on any atom is 0.224 e. The molecule has 0 unspecified atom stereocenters. The molecule has 1 amide bonds. The average molecular weight is 318 g/mol. The number of ether oxygens (including phenoxy) is 1. The van der Waals surface area contributed by atoms with Crippen LogP contribution in [-0.2, 0) is 11.2 Å². The standard InChI is InChI=1S/C18H20ClNO2/c1-3-22-17-7-5-4-6-14(17)9-11-18(21)20-16-10-8-13(2)12-15(16)19/h4-8,10,12H,3,9,11H2,1-2H3,(H,20,21). The van der Waals surface area contributed by atoms with Gasteiger partial charge in [-0.05, 0) is 49.6 Å². The Morgan fingerprint density at radius 3 is 2.73 bits per heavy atom. The first-order chi connectivity index (χ1) is 10.6. The van der Waals surface area contributed by atoms with Gasteiger partial charge < -0.3 is 10.1 Å². The molecule has 0 heterocycles. The SMILES string of the molecule is CCOc1ccccc1CCC(=O)Nc1ccc(C)cc1Cl. The number of hydrogen-bond acceptors (Lipinski definition) is 2. The molecule has 0 aliphatic rings. The van der Waals surface area contributed by atoms with Gasteiger partial charge in [-0.15, -0.1) is 0 Å². The summed E-state index contributed by atoms with van der Waals surface area (Å²) in [6, 6.07) is 13.4. The molecule has 0 atom stereocenters. The minimum absolute atomic E-state index is 0.0583. The third-order valence-corrected chi connectivity index (χ3v) is 3.61. The Bertz CT molecular complexity index is 655. The van der Waals surface area contributed by atoms with Crippen molar-refractivity contribution in [3.05, 3.63) is 58.6 Å². The number of nitrogens with one attached hydrogen (secondary N) is 1. The van der Waals surface area contributed by atoms with Crippen LogP contribution in [0.2, 0.25) is 5.02 Å². The lowest BCUT2D eigenvalue weighted by atomic mass is 10.1. The number of anilines is 1. The lowest BCUT2D eigenvalue weighted by molar-refractivity contribution is -0.116. The van der Waals surface area contributed by atoms with Crippen molar-refractivity contribution in [3.8, 4) is 5.75 Å². The molecule has 3 nitrogen and oxygen atoms in total. The average Bonchev–Trinajstić information content (AvgIpc) is 2.49. The molecule has 116 valence electrons. The summed E-state index contributed by atoms with van der Waals surface area (Å²) in [7, 11) is 0. The number of carbonyl (C=O) groups is 1. The molecule has 2 aromatic rings. The fourth-order valence-electron chi connectivity index (χ4n) is 2.19. The predicted octanol–water partition coefficient (Wildman–Crippen LogP) is 4.62. The molecular weight excluding hydrogens is 298 g/mol. The fraction of sp³-hybridized carbons (Fsp3) is 0.278. The van der Waals surface area contributed by atoms with Crippen LogP contribution >= 0.6 is 11.6 Å². The number of rotatable bonds is 6. The van der Waals surface area contributed by atoms with Crippen molar-refractivity contribution in [2.75, 3.05) is 11.9 Å². The molecule has 2 rings (SSSR count). The number of benzene rings is 2. The Kier molecular flexibility index (Phi) is 5.84. The predicted molar refractivity (Wildman–Crippen MR) is 90.8 cm³/mol. The van der Waals surface area contributed by atoms with E-state index in [1.807, 2.05) is 56.3 Å². The smallest absolute Gasteiger partial charge is 0.224 e. The summed E-state index contributed by atoms with van der Waals surface area (Å²) < 4.78 is 5.57. The molecule has 0 aromatic heterocycles. The van der Waals surface area contributed by atoms with E-state index in [4.69, 9.17) is 16.3 Å². The second-order valence-corrected chi connectivity index (χ2v) is 5.48. The minimum Gasteiger partial charge on any atom is -0.494 e. The summed E-state index contributed by atoms with van der Waals surface area (Å²) in [6.45, 7) is 4.52. The topological polar surface area (TPSA) is 38.3 Å². The van der Waals surface area contributed by atoms with E-state index in [1.54, 1.807) is 0 Å². The van der Waals surface area contributed by atoms with Crippen LogP contribution < -0.4 is 10.1 Å². The Morgan fingerprint density at radius 1 is 1.23 bits per heavy atom. The zero-order chi connectivity index (χ0) is 15.9. The Morgan fingerprint density at radius 2 is 2.00 bits per heavy atom. The molecule has 2 aromatic carbocycles. The number of carbonyl (C=O) groups excluding carboxylic acids is 1. The summed E-state index contributed by atoms with van der Waals surface area (Å²) in [5.74, 6) is 0.781. The lowest BCUT2D eigenvalue weighted by Gasteiger charge is -2.11. The van der Waals surface area contributed by atoms with Gasteiger partial charge in [0.25, 0.3) is 0 Å². The van der Waals surface area contributed by atoms with Crippen LogP contribution in [0.3, 0.4) is 0 Å². The first-order valence-corrected chi connectivity index (χ1v) is 7.74. The lowest BCUT2D eigenvalue weighted by Crippen LogP contribution is -2.13. The van der Waals surface area contributed by atoms with E-state index in [1.165, 1.54) is 0 Å². The summed E-state index contributed by atoms with van der Waals surface area (Å²) in [5, 5.41) is 3.41. The molecule has 4 heteroatoms. The maximum atomic E-state index is 12.1. The van der Waals surface area contributed by atoms with E-state index in [9.17, 15) is 4.79 Å². The van der Waals surface area contributed by atoms with E-state index in [2.05, 4.69) is 5.32 Å². The summed E-state index contributed by atoms with van der Waals surface area (Å²) in [6.07, 6.45) is 1.01. The van der Waals surface area contributed by atoms with E-state index in [-0.39, 0.29) is 5.91 Å².